The Balaban J connectivity index is 1.51. The molecule has 0 aromatic carbocycles. The van der Waals surface area contributed by atoms with E-state index in [-0.39, 0.29) is 40.1 Å². The summed E-state index contributed by atoms with van der Waals surface area (Å²) in [6.07, 6.45) is 4.40. The first-order valence-corrected chi connectivity index (χ1v) is 14.8. The fraction of sp³-hybridized carbons (Fsp3) is 0.903. The third-order valence-corrected chi connectivity index (χ3v) is 12.3. The zero-order valence-electron chi connectivity index (χ0n) is 24.7. The van der Waals surface area contributed by atoms with Crippen LogP contribution >= 0.6 is 0 Å². The summed E-state index contributed by atoms with van der Waals surface area (Å²) in [6.45, 7) is 15.8. The van der Waals surface area contributed by atoms with E-state index in [0.717, 1.165) is 32.1 Å². The molecule has 6 unspecified atom stereocenters. The minimum absolute atomic E-state index is 0.0435. The summed E-state index contributed by atoms with van der Waals surface area (Å²) in [5.41, 5.74) is 6.19. The Morgan fingerprint density at radius 2 is 1.84 bits per heavy atom. The quantitative estimate of drug-likeness (QED) is 0.322. The molecule has 5 aliphatic rings. The Hall–Kier alpha value is -0.990. The molecule has 0 bridgehead atoms. The normalized spacial score (nSPS) is 50.6. The number of hydrogen-bond acceptors (Lipinski definition) is 7. The number of carbonyl (C=O) groups excluding carboxylic acids is 1. The summed E-state index contributed by atoms with van der Waals surface area (Å²) in [7, 11) is 0. The molecule has 216 valence electrons. The lowest BCUT2D eigenvalue weighted by Gasteiger charge is -2.64. The molecule has 5 rings (SSSR count). The molecule has 7 nitrogen and oxygen atoms in total. The van der Waals surface area contributed by atoms with Crippen molar-refractivity contribution < 1.29 is 29.6 Å². The molecular weight excluding hydrogens is 482 g/mol. The Labute approximate surface area is 228 Å². The second-order valence-corrected chi connectivity index (χ2v) is 15.2. The second-order valence-electron chi connectivity index (χ2n) is 15.2. The van der Waals surface area contributed by atoms with E-state index in [0.29, 0.717) is 12.3 Å². The molecule has 3 saturated carbocycles. The smallest absolute Gasteiger partial charge is 0.303 e. The van der Waals surface area contributed by atoms with Crippen molar-refractivity contribution in [1.82, 2.24) is 0 Å². The first-order chi connectivity index (χ1) is 17.4. The molecule has 0 spiro atoms. The van der Waals surface area contributed by atoms with Crippen molar-refractivity contribution in [3.05, 3.63) is 11.6 Å². The molecule has 4 fully saturated rings. The summed E-state index contributed by atoms with van der Waals surface area (Å²) in [5, 5.41) is 33.9. The van der Waals surface area contributed by atoms with Gasteiger partial charge in [0.2, 0.25) is 0 Å². The maximum Gasteiger partial charge on any atom is 0.303 e. The van der Waals surface area contributed by atoms with E-state index < -0.39 is 41.5 Å². The van der Waals surface area contributed by atoms with E-state index in [9.17, 15) is 20.1 Å². The lowest BCUT2D eigenvalue weighted by molar-refractivity contribution is -0.215. The van der Waals surface area contributed by atoms with Crippen LogP contribution in [0.15, 0.2) is 11.6 Å². The first-order valence-electron chi connectivity index (χ1n) is 14.8. The van der Waals surface area contributed by atoms with E-state index in [1.807, 2.05) is 0 Å². The SMILES string of the molecule is CC(=O)O[C@@H](C1C[C@@H](C)[C@H]2C(O1)[C@H](O)[C@@]1(N)C3CCC4C(C)(CC[C@H](O)C4(C)C)C3=CCC21C)C(C)(C)O. The second kappa shape index (κ2) is 8.75. The summed E-state index contributed by atoms with van der Waals surface area (Å²) >= 11 is 0. The predicted molar refractivity (Wildman–Crippen MR) is 145 cm³/mol. The fourth-order valence-corrected chi connectivity index (χ4v) is 10.5. The minimum Gasteiger partial charge on any atom is -0.457 e. The van der Waals surface area contributed by atoms with Crippen LogP contribution in [0.2, 0.25) is 0 Å². The number of nitrogens with two attached hydrogens (primary N) is 1. The van der Waals surface area contributed by atoms with Crippen LogP contribution < -0.4 is 5.73 Å². The van der Waals surface area contributed by atoms with E-state index in [1.165, 1.54) is 12.5 Å². The standard InChI is InChI=1S/C31H51NO6/c1-16-15-20(26(28(5,6)36)37-17(2)33)38-24-23(16)30(8)14-11-18-19(31(30,32)25(24)35)9-10-21-27(3,4)22(34)12-13-29(18,21)7/h11,16,19-26,34-36H,9-10,12-15,32H2,1-8H3/t16-,19?,20?,21?,22+,23+,24?,25+,26+,29?,30?,31+/m1/s1. The van der Waals surface area contributed by atoms with Crippen LogP contribution in [0, 0.1) is 39.9 Å². The lowest BCUT2D eigenvalue weighted by Crippen LogP contribution is -2.68. The van der Waals surface area contributed by atoms with Crippen LogP contribution in [0.5, 0.6) is 0 Å². The van der Waals surface area contributed by atoms with Gasteiger partial charge in [0.25, 0.3) is 0 Å². The van der Waals surface area contributed by atoms with E-state index in [4.69, 9.17) is 15.2 Å². The van der Waals surface area contributed by atoms with Crippen LogP contribution in [-0.4, -0.2) is 62.9 Å². The summed E-state index contributed by atoms with van der Waals surface area (Å²) < 4.78 is 12.2. The van der Waals surface area contributed by atoms with Gasteiger partial charge in [-0.1, -0.05) is 46.3 Å². The molecule has 12 atom stereocenters. The summed E-state index contributed by atoms with van der Waals surface area (Å²) in [6, 6.07) is 0. The highest BCUT2D eigenvalue weighted by Gasteiger charge is 2.73. The van der Waals surface area contributed by atoms with Gasteiger partial charge in [-0.05, 0) is 86.4 Å². The number of carbonyl (C=O) groups is 1. The third kappa shape index (κ3) is 3.67. The Morgan fingerprint density at radius 1 is 1.18 bits per heavy atom. The van der Waals surface area contributed by atoms with E-state index in [2.05, 4.69) is 40.7 Å². The van der Waals surface area contributed by atoms with Crippen molar-refractivity contribution in [2.45, 2.75) is 136 Å². The van der Waals surface area contributed by atoms with Gasteiger partial charge in [0.05, 0.1) is 35.6 Å². The molecule has 1 heterocycles. The van der Waals surface area contributed by atoms with Gasteiger partial charge in [0.15, 0.2) is 6.10 Å². The summed E-state index contributed by atoms with van der Waals surface area (Å²) in [4.78, 5) is 11.9. The maximum absolute atomic E-state index is 12.1. The molecule has 0 aromatic heterocycles. The maximum atomic E-state index is 12.1. The molecule has 38 heavy (non-hydrogen) atoms. The molecule has 7 heteroatoms. The number of fused-ring (bicyclic) bond motifs is 7. The number of hydrogen-bond donors (Lipinski definition) is 4. The van der Waals surface area contributed by atoms with Gasteiger partial charge in [0, 0.05) is 12.8 Å². The molecule has 0 aromatic rings. The van der Waals surface area contributed by atoms with Crippen LogP contribution in [0.1, 0.15) is 93.9 Å². The first kappa shape index (κ1) is 28.5. The van der Waals surface area contributed by atoms with Crippen LogP contribution in [0.25, 0.3) is 0 Å². The van der Waals surface area contributed by atoms with Gasteiger partial charge in [-0.2, -0.15) is 0 Å². The van der Waals surface area contributed by atoms with Crippen molar-refractivity contribution in [3.8, 4) is 0 Å². The van der Waals surface area contributed by atoms with Gasteiger partial charge in [-0.25, -0.2) is 0 Å². The number of ether oxygens (including phenoxy) is 2. The fourth-order valence-electron chi connectivity index (χ4n) is 10.5. The molecule has 1 saturated heterocycles. The molecule has 5 N–H and O–H groups in total. The molecular formula is C31H51NO6. The number of esters is 1. The van der Waals surface area contributed by atoms with Gasteiger partial charge in [-0.15, -0.1) is 0 Å². The van der Waals surface area contributed by atoms with E-state index in [1.54, 1.807) is 13.8 Å². The van der Waals surface area contributed by atoms with Gasteiger partial charge in [-0.3, -0.25) is 4.79 Å². The average Bonchev–Trinajstić information content (AvgIpc) is 2.98. The van der Waals surface area contributed by atoms with Crippen molar-refractivity contribution in [2.24, 2.45) is 45.7 Å². The monoisotopic (exact) mass is 533 g/mol. The van der Waals surface area contributed by atoms with Crippen molar-refractivity contribution in [2.75, 3.05) is 0 Å². The van der Waals surface area contributed by atoms with Gasteiger partial charge >= 0.3 is 5.97 Å². The number of aliphatic hydroxyl groups is 3. The zero-order valence-corrected chi connectivity index (χ0v) is 24.7. The number of aliphatic hydroxyl groups excluding tert-OH is 2. The highest BCUT2D eigenvalue weighted by atomic mass is 16.6. The predicted octanol–water partition coefficient (Wildman–Crippen LogP) is 3.72. The molecule has 0 amide bonds. The van der Waals surface area contributed by atoms with E-state index >= 15 is 0 Å². The van der Waals surface area contributed by atoms with Gasteiger partial charge < -0.3 is 30.5 Å². The Bertz CT molecular complexity index is 1000. The highest BCUT2D eigenvalue weighted by molar-refractivity contribution is 5.66. The zero-order chi connectivity index (χ0) is 28.2. The Kier molecular flexibility index (Phi) is 6.57. The topological polar surface area (TPSA) is 122 Å². The lowest BCUT2D eigenvalue weighted by atomic mass is 9.42. The molecule has 4 aliphatic carbocycles. The van der Waals surface area contributed by atoms with Gasteiger partial charge in [0.1, 0.15) is 0 Å². The minimum atomic E-state index is -1.29. The summed E-state index contributed by atoms with van der Waals surface area (Å²) in [5.74, 6) is 0.159. The van der Waals surface area contributed by atoms with Crippen molar-refractivity contribution in [3.63, 3.8) is 0 Å². The van der Waals surface area contributed by atoms with Crippen LogP contribution in [-0.2, 0) is 14.3 Å². The number of allylic oxidation sites excluding steroid dienone is 1. The van der Waals surface area contributed by atoms with Crippen molar-refractivity contribution in [1.29, 1.82) is 0 Å². The third-order valence-electron chi connectivity index (χ3n) is 12.3. The largest absolute Gasteiger partial charge is 0.457 e. The van der Waals surface area contributed by atoms with Crippen LogP contribution in [0.3, 0.4) is 0 Å². The Morgan fingerprint density at radius 3 is 2.45 bits per heavy atom. The molecule has 1 aliphatic heterocycles. The number of rotatable bonds is 3. The molecule has 0 radical (unpaired) electrons. The van der Waals surface area contributed by atoms with Crippen LogP contribution in [0.4, 0.5) is 0 Å². The highest BCUT2D eigenvalue weighted by Crippen LogP contribution is 2.70. The average molecular weight is 534 g/mol. The van der Waals surface area contributed by atoms with Crippen molar-refractivity contribution >= 4 is 5.97 Å².